The van der Waals surface area contributed by atoms with E-state index in [1.807, 2.05) is 6.92 Å². The largest absolute Gasteiger partial charge is 0.370 e. The molecule has 0 spiro atoms. The minimum atomic E-state index is -0.394. The minimum absolute atomic E-state index is 0.0546. The van der Waals surface area contributed by atoms with E-state index in [0.29, 0.717) is 16.9 Å². The SMILES string of the molecule is CCCNc1cc([N+](=O)[O-])cc(NCCC(C)SC)n1. The number of pyridine rings is 1. The van der Waals surface area contributed by atoms with E-state index in [1.165, 1.54) is 12.1 Å². The number of thioether (sulfide) groups is 1. The number of anilines is 2. The molecule has 1 rings (SSSR count). The van der Waals surface area contributed by atoms with Crippen molar-refractivity contribution in [3.63, 3.8) is 0 Å². The van der Waals surface area contributed by atoms with Gasteiger partial charge in [0.1, 0.15) is 11.6 Å². The Morgan fingerprint density at radius 1 is 1.35 bits per heavy atom. The molecular formula is C13H22N4O2S. The van der Waals surface area contributed by atoms with E-state index in [0.717, 1.165) is 25.9 Å². The van der Waals surface area contributed by atoms with Crippen LogP contribution in [0.1, 0.15) is 26.7 Å². The first-order chi connectivity index (χ1) is 9.56. The van der Waals surface area contributed by atoms with E-state index in [4.69, 9.17) is 0 Å². The van der Waals surface area contributed by atoms with E-state index in [-0.39, 0.29) is 5.69 Å². The van der Waals surface area contributed by atoms with E-state index in [2.05, 4.69) is 28.8 Å². The third kappa shape index (κ3) is 5.64. The van der Waals surface area contributed by atoms with E-state index >= 15 is 0 Å². The monoisotopic (exact) mass is 298 g/mol. The molecular weight excluding hydrogens is 276 g/mol. The molecule has 112 valence electrons. The van der Waals surface area contributed by atoms with Crippen molar-refractivity contribution in [2.45, 2.75) is 31.9 Å². The van der Waals surface area contributed by atoms with Crippen molar-refractivity contribution < 1.29 is 4.92 Å². The standard InChI is InChI=1S/C13H22N4O2S/c1-4-6-14-12-8-11(17(18)19)9-13(16-12)15-7-5-10(2)20-3/h8-10H,4-7H2,1-3H3,(H2,14,15,16). The summed E-state index contributed by atoms with van der Waals surface area (Å²) in [6.07, 6.45) is 4.00. The first-order valence-corrected chi connectivity index (χ1v) is 8.02. The van der Waals surface area contributed by atoms with Gasteiger partial charge in [-0.15, -0.1) is 0 Å². The van der Waals surface area contributed by atoms with Gasteiger partial charge in [-0.25, -0.2) is 4.98 Å². The first-order valence-electron chi connectivity index (χ1n) is 6.73. The molecule has 0 aliphatic carbocycles. The van der Waals surface area contributed by atoms with Gasteiger partial charge in [0, 0.05) is 18.3 Å². The number of nitrogens with one attached hydrogen (secondary N) is 2. The van der Waals surface area contributed by atoms with Gasteiger partial charge in [0.15, 0.2) is 0 Å². The lowest BCUT2D eigenvalue weighted by molar-refractivity contribution is -0.384. The van der Waals surface area contributed by atoms with Gasteiger partial charge in [0.05, 0.1) is 17.1 Å². The molecule has 0 bridgehead atoms. The molecule has 20 heavy (non-hydrogen) atoms. The third-order valence-electron chi connectivity index (χ3n) is 2.84. The molecule has 0 saturated carbocycles. The highest BCUT2D eigenvalue weighted by atomic mass is 32.2. The summed E-state index contributed by atoms with van der Waals surface area (Å²) in [5.41, 5.74) is 0.0546. The summed E-state index contributed by atoms with van der Waals surface area (Å²) in [7, 11) is 0. The van der Waals surface area contributed by atoms with Crippen LogP contribution in [0.4, 0.5) is 17.3 Å². The topological polar surface area (TPSA) is 80.1 Å². The molecule has 2 N–H and O–H groups in total. The minimum Gasteiger partial charge on any atom is -0.370 e. The van der Waals surface area contributed by atoms with E-state index < -0.39 is 4.92 Å². The molecule has 0 aliphatic heterocycles. The van der Waals surface area contributed by atoms with Crippen LogP contribution < -0.4 is 10.6 Å². The van der Waals surface area contributed by atoms with Crippen molar-refractivity contribution in [1.29, 1.82) is 0 Å². The molecule has 0 aliphatic rings. The fourth-order valence-electron chi connectivity index (χ4n) is 1.58. The lowest BCUT2D eigenvalue weighted by Crippen LogP contribution is -2.10. The highest BCUT2D eigenvalue weighted by molar-refractivity contribution is 7.99. The van der Waals surface area contributed by atoms with Gasteiger partial charge < -0.3 is 10.6 Å². The van der Waals surface area contributed by atoms with Crippen LogP contribution in [0, 0.1) is 10.1 Å². The van der Waals surface area contributed by atoms with Crippen molar-refractivity contribution in [2.75, 3.05) is 30.0 Å². The summed E-state index contributed by atoms with van der Waals surface area (Å²) in [5, 5.41) is 17.7. The number of nitro groups is 1. The number of hydrogen-bond acceptors (Lipinski definition) is 6. The fourth-order valence-corrected chi connectivity index (χ4v) is 1.93. The highest BCUT2D eigenvalue weighted by Gasteiger charge is 2.11. The van der Waals surface area contributed by atoms with Gasteiger partial charge in [-0.2, -0.15) is 11.8 Å². The van der Waals surface area contributed by atoms with Gasteiger partial charge in [-0.3, -0.25) is 10.1 Å². The molecule has 0 aromatic carbocycles. The molecule has 1 atom stereocenters. The van der Waals surface area contributed by atoms with Crippen molar-refractivity contribution in [3.05, 3.63) is 22.2 Å². The zero-order valence-electron chi connectivity index (χ0n) is 12.2. The van der Waals surface area contributed by atoms with Crippen LogP contribution >= 0.6 is 11.8 Å². The second-order valence-electron chi connectivity index (χ2n) is 4.54. The lowest BCUT2D eigenvalue weighted by Gasteiger charge is -2.11. The van der Waals surface area contributed by atoms with Crippen molar-refractivity contribution >= 4 is 29.1 Å². The molecule has 0 saturated heterocycles. The maximum Gasteiger partial charge on any atom is 0.276 e. The molecule has 1 heterocycles. The average Bonchev–Trinajstić information content (AvgIpc) is 2.44. The Kier molecular flexibility index (Phi) is 7.14. The Morgan fingerprint density at radius 3 is 2.45 bits per heavy atom. The predicted molar refractivity (Wildman–Crippen MR) is 85.8 cm³/mol. The second kappa shape index (κ2) is 8.63. The summed E-state index contributed by atoms with van der Waals surface area (Å²) in [4.78, 5) is 14.9. The van der Waals surface area contributed by atoms with Crippen LogP contribution in [0.25, 0.3) is 0 Å². The quantitative estimate of drug-likeness (QED) is 0.537. The van der Waals surface area contributed by atoms with Crippen LogP contribution in [0.3, 0.4) is 0 Å². The Hall–Kier alpha value is -1.50. The lowest BCUT2D eigenvalue weighted by atomic mass is 10.3. The second-order valence-corrected chi connectivity index (χ2v) is 5.82. The molecule has 0 fully saturated rings. The summed E-state index contributed by atoms with van der Waals surface area (Å²) in [6.45, 7) is 5.69. The Bertz CT molecular complexity index is 442. The molecule has 1 unspecified atom stereocenters. The van der Waals surface area contributed by atoms with Crippen molar-refractivity contribution in [2.24, 2.45) is 0 Å². The molecule has 0 radical (unpaired) electrons. The van der Waals surface area contributed by atoms with Gasteiger partial charge in [-0.1, -0.05) is 13.8 Å². The maximum atomic E-state index is 10.9. The zero-order valence-corrected chi connectivity index (χ0v) is 13.0. The summed E-state index contributed by atoms with van der Waals surface area (Å²) in [6, 6.07) is 2.94. The predicted octanol–water partition coefficient (Wildman–Crippen LogP) is 3.37. The van der Waals surface area contributed by atoms with Gasteiger partial charge in [-0.05, 0) is 19.1 Å². The highest BCUT2D eigenvalue weighted by Crippen LogP contribution is 2.21. The molecule has 7 heteroatoms. The van der Waals surface area contributed by atoms with Crippen molar-refractivity contribution in [1.82, 2.24) is 4.98 Å². The molecule has 1 aromatic heterocycles. The Labute approximate surface area is 123 Å². The normalized spacial score (nSPS) is 11.9. The number of aromatic nitrogens is 1. The number of hydrogen-bond donors (Lipinski definition) is 2. The van der Waals surface area contributed by atoms with E-state index in [9.17, 15) is 10.1 Å². The van der Waals surface area contributed by atoms with Gasteiger partial charge in [0.25, 0.3) is 5.69 Å². The van der Waals surface area contributed by atoms with Crippen LogP contribution in [0.15, 0.2) is 12.1 Å². The van der Waals surface area contributed by atoms with Gasteiger partial charge in [0.2, 0.25) is 0 Å². The Morgan fingerprint density at radius 2 is 1.95 bits per heavy atom. The van der Waals surface area contributed by atoms with Crippen LogP contribution in [-0.4, -0.2) is 34.5 Å². The maximum absolute atomic E-state index is 10.9. The molecule has 0 amide bonds. The molecule has 1 aromatic rings. The Balaban J connectivity index is 2.72. The average molecular weight is 298 g/mol. The smallest absolute Gasteiger partial charge is 0.276 e. The number of rotatable bonds is 9. The first kappa shape index (κ1) is 16.6. The van der Waals surface area contributed by atoms with E-state index in [1.54, 1.807) is 11.8 Å². The van der Waals surface area contributed by atoms with Crippen molar-refractivity contribution in [3.8, 4) is 0 Å². The zero-order chi connectivity index (χ0) is 15.0. The van der Waals surface area contributed by atoms with Gasteiger partial charge >= 0.3 is 0 Å². The summed E-state index contributed by atoms with van der Waals surface area (Å²) < 4.78 is 0. The van der Waals surface area contributed by atoms with Crippen LogP contribution in [0.2, 0.25) is 0 Å². The summed E-state index contributed by atoms with van der Waals surface area (Å²) in [5.74, 6) is 1.09. The van der Waals surface area contributed by atoms with Crippen LogP contribution in [0.5, 0.6) is 0 Å². The molecule has 6 nitrogen and oxygen atoms in total. The third-order valence-corrected chi connectivity index (χ3v) is 3.88. The summed E-state index contributed by atoms with van der Waals surface area (Å²) >= 11 is 1.80. The fraction of sp³-hybridized carbons (Fsp3) is 0.615. The number of nitrogens with zero attached hydrogens (tertiary/aromatic N) is 2. The van der Waals surface area contributed by atoms with Crippen LogP contribution in [-0.2, 0) is 0 Å².